The zero-order valence-corrected chi connectivity index (χ0v) is 11.6. The molecule has 0 saturated carbocycles. The second-order valence-corrected chi connectivity index (χ2v) is 4.75. The van der Waals surface area contributed by atoms with Gasteiger partial charge < -0.3 is 16.4 Å². The molecule has 0 atom stereocenters. The highest BCUT2D eigenvalue weighted by molar-refractivity contribution is 5.81. The topological polar surface area (TPSA) is 50.1 Å². The summed E-state index contributed by atoms with van der Waals surface area (Å²) in [7, 11) is 0. The van der Waals surface area contributed by atoms with Crippen LogP contribution >= 0.6 is 0 Å². The van der Waals surface area contributed by atoms with Gasteiger partial charge in [-0.05, 0) is 36.4 Å². The molecule has 0 bridgehead atoms. The fourth-order valence-corrected chi connectivity index (χ4v) is 2.13. The minimum absolute atomic E-state index is 0.729. The summed E-state index contributed by atoms with van der Waals surface area (Å²) in [6.07, 6.45) is 0. The van der Waals surface area contributed by atoms with E-state index < -0.39 is 0 Å². The zero-order valence-electron chi connectivity index (χ0n) is 11.6. The highest BCUT2D eigenvalue weighted by Crippen LogP contribution is 2.30. The van der Waals surface area contributed by atoms with Crippen molar-refractivity contribution < 1.29 is 0 Å². The van der Waals surface area contributed by atoms with Crippen LogP contribution in [0.15, 0.2) is 78.9 Å². The quantitative estimate of drug-likeness (QED) is 0.602. The van der Waals surface area contributed by atoms with E-state index in [0.717, 1.165) is 28.4 Å². The van der Waals surface area contributed by atoms with Crippen LogP contribution in [0.4, 0.5) is 28.4 Å². The Morgan fingerprint density at radius 1 is 0.524 bits per heavy atom. The molecule has 0 aliphatic heterocycles. The Hall–Kier alpha value is -2.94. The van der Waals surface area contributed by atoms with Crippen LogP contribution in [0.25, 0.3) is 0 Å². The molecule has 4 N–H and O–H groups in total. The van der Waals surface area contributed by atoms with Crippen molar-refractivity contribution >= 4 is 28.4 Å². The Balaban J connectivity index is 1.88. The summed E-state index contributed by atoms with van der Waals surface area (Å²) < 4.78 is 0. The van der Waals surface area contributed by atoms with Crippen molar-refractivity contribution in [1.82, 2.24) is 0 Å². The van der Waals surface area contributed by atoms with Crippen molar-refractivity contribution in [3.05, 3.63) is 78.9 Å². The standard InChI is InChI=1S/C18H17N3/c19-15-10-4-5-11-16(15)21-18-13-7-6-12-17(18)20-14-8-2-1-3-9-14/h1-13,20-21H,19H2. The van der Waals surface area contributed by atoms with E-state index in [2.05, 4.69) is 10.6 Å². The molecular weight excluding hydrogens is 258 g/mol. The molecule has 0 heterocycles. The maximum Gasteiger partial charge on any atom is 0.0624 e. The lowest BCUT2D eigenvalue weighted by atomic mass is 10.2. The summed E-state index contributed by atoms with van der Waals surface area (Å²) in [6.45, 7) is 0. The lowest BCUT2D eigenvalue weighted by Crippen LogP contribution is -1.99. The maximum absolute atomic E-state index is 5.99. The van der Waals surface area contributed by atoms with Crippen LogP contribution in [0.5, 0.6) is 0 Å². The molecule has 104 valence electrons. The molecule has 3 heteroatoms. The molecule has 3 aromatic carbocycles. The van der Waals surface area contributed by atoms with E-state index in [0.29, 0.717) is 0 Å². The molecule has 0 unspecified atom stereocenters. The predicted molar refractivity (Wildman–Crippen MR) is 90.3 cm³/mol. The third kappa shape index (κ3) is 3.15. The summed E-state index contributed by atoms with van der Waals surface area (Å²) in [5.41, 5.74) is 10.7. The van der Waals surface area contributed by atoms with E-state index in [1.54, 1.807) is 0 Å². The number of anilines is 5. The molecule has 0 radical (unpaired) electrons. The van der Waals surface area contributed by atoms with Gasteiger partial charge >= 0.3 is 0 Å². The molecule has 0 aromatic heterocycles. The van der Waals surface area contributed by atoms with Crippen LogP contribution in [0.1, 0.15) is 0 Å². The molecule has 0 amide bonds. The maximum atomic E-state index is 5.99. The van der Waals surface area contributed by atoms with Crippen LogP contribution in [0.3, 0.4) is 0 Å². The van der Waals surface area contributed by atoms with Crippen molar-refractivity contribution in [3.8, 4) is 0 Å². The van der Waals surface area contributed by atoms with Crippen molar-refractivity contribution in [2.45, 2.75) is 0 Å². The van der Waals surface area contributed by atoms with Crippen LogP contribution in [0.2, 0.25) is 0 Å². The first-order chi connectivity index (χ1) is 10.3. The molecular formula is C18H17N3. The molecule has 0 aliphatic carbocycles. The average Bonchev–Trinajstić information content (AvgIpc) is 2.52. The lowest BCUT2D eigenvalue weighted by Gasteiger charge is -2.15. The second-order valence-electron chi connectivity index (χ2n) is 4.75. The Labute approximate surface area is 124 Å². The Morgan fingerprint density at radius 3 is 1.71 bits per heavy atom. The van der Waals surface area contributed by atoms with E-state index >= 15 is 0 Å². The fourth-order valence-electron chi connectivity index (χ4n) is 2.13. The average molecular weight is 275 g/mol. The first-order valence-electron chi connectivity index (χ1n) is 6.85. The lowest BCUT2D eigenvalue weighted by molar-refractivity contribution is 1.50. The van der Waals surface area contributed by atoms with Gasteiger partial charge in [0.15, 0.2) is 0 Å². The van der Waals surface area contributed by atoms with Gasteiger partial charge in [0.05, 0.1) is 22.7 Å². The fraction of sp³-hybridized carbons (Fsp3) is 0. The van der Waals surface area contributed by atoms with Crippen LogP contribution in [-0.2, 0) is 0 Å². The summed E-state index contributed by atoms with van der Waals surface area (Å²) in [5, 5.41) is 6.78. The summed E-state index contributed by atoms with van der Waals surface area (Å²) in [6, 6.07) is 25.9. The number of nitrogens with two attached hydrogens (primary N) is 1. The Bertz CT molecular complexity index is 723. The molecule has 0 fully saturated rings. The summed E-state index contributed by atoms with van der Waals surface area (Å²) >= 11 is 0. The van der Waals surface area contributed by atoms with E-state index in [1.165, 1.54) is 0 Å². The minimum atomic E-state index is 0.729. The first kappa shape index (κ1) is 13.1. The van der Waals surface area contributed by atoms with E-state index in [-0.39, 0.29) is 0 Å². The number of benzene rings is 3. The van der Waals surface area contributed by atoms with Gasteiger partial charge in [-0.25, -0.2) is 0 Å². The van der Waals surface area contributed by atoms with Crippen LogP contribution < -0.4 is 16.4 Å². The minimum Gasteiger partial charge on any atom is -0.397 e. The molecule has 0 spiro atoms. The predicted octanol–water partition coefficient (Wildman–Crippen LogP) is 4.76. The van der Waals surface area contributed by atoms with Gasteiger partial charge in [0.2, 0.25) is 0 Å². The smallest absolute Gasteiger partial charge is 0.0624 e. The molecule has 3 aromatic rings. The van der Waals surface area contributed by atoms with Gasteiger partial charge in [-0.15, -0.1) is 0 Å². The highest BCUT2D eigenvalue weighted by atomic mass is 15.0. The number of hydrogen-bond donors (Lipinski definition) is 3. The Kier molecular flexibility index (Phi) is 3.74. The third-order valence-electron chi connectivity index (χ3n) is 3.21. The molecule has 0 saturated heterocycles. The van der Waals surface area contributed by atoms with Gasteiger partial charge in [-0.3, -0.25) is 0 Å². The van der Waals surface area contributed by atoms with E-state index in [9.17, 15) is 0 Å². The number of hydrogen-bond acceptors (Lipinski definition) is 3. The Morgan fingerprint density at radius 2 is 1.05 bits per heavy atom. The van der Waals surface area contributed by atoms with Gasteiger partial charge in [-0.1, -0.05) is 42.5 Å². The highest BCUT2D eigenvalue weighted by Gasteiger charge is 2.04. The third-order valence-corrected chi connectivity index (χ3v) is 3.21. The van der Waals surface area contributed by atoms with E-state index in [1.807, 2.05) is 78.9 Å². The van der Waals surface area contributed by atoms with Gasteiger partial charge in [0, 0.05) is 5.69 Å². The van der Waals surface area contributed by atoms with Crippen molar-refractivity contribution in [2.75, 3.05) is 16.4 Å². The molecule has 3 rings (SSSR count). The monoisotopic (exact) mass is 275 g/mol. The van der Waals surface area contributed by atoms with Gasteiger partial charge in [0.1, 0.15) is 0 Å². The second kappa shape index (κ2) is 6.01. The van der Waals surface area contributed by atoms with Gasteiger partial charge in [-0.2, -0.15) is 0 Å². The molecule has 0 aliphatic rings. The van der Waals surface area contributed by atoms with E-state index in [4.69, 9.17) is 5.73 Å². The normalized spacial score (nSPS) is 10.1. The molecule has 21 heavy (non-hydrogen) atoms. The van der Waals surface area contributed by atoms with Crippen molar-refractivity contribution in [2.24, 2.45) is 0 Å². The number of nitrogens with one attached hydrogen (secondary N) is 2. The molecule has 3 nitrogen and oxygen atoms in total. The van der Waals surface area contributed by atoms with Crippen molar-refractivity contribution in [3.63, 3.8) is 0 Å². The number of rotatable bonds is 4. The number of nitrogen functional groups attached to an aromatic ring is 1. The largest absolute Gasteiger partial charge is 0.397 e. The first-order valence-corrected chi connectivity index (χ1v) is 6.85. The van der Waals surface area contributed by atoms with Crippen LogP contribution in [-0.4, -0.2) is 0 Å². The SMILES string of the molecule is Nc1ccccc1Nc1ccccc1Nc1ccccc1. The number of para-hydroxylation sites is 5. The zero-order chi connectivity index (χ0) is 14.5. The summed E-state index contributed by atoms with van der Waals surface area (Å²) in [5.74, 6) is 0. The van der Waals surface area contributed by atoms with Gasteiger partial charge in [0.25, 0.3) is 0 Å². The summed E-state index contributed by atoms with van der Waals surface area (Å²) in [4.78, 5) is 0. The van der Waals surface area contributed by atoms with Crippen LogP contribution in [0, 0.1) is 0 Å². The van der Waals surface area contributed by atoms with Crippen molar-refractivity contribution in [1.29, 1.82) is 0 Å².